The molecule has 3 aromatic rings. The second-order valence-electron chi connectivity index (χ2n) is 8.99. The highest BCUT2D eigenvalue weighted by Gasteiger charge is 2.54. The first-order valence-corrected chi connectivity index (χ1v) is 13.8. The van der Waals surface area contributed by atoms with Crippen molar-refractivity contribution in [3.8, 4) is 11.5 Å². The fourth-order valence-electron chi connectivity index (χ4n) is 5.34. The number of ether oxygens (including phenoxy) is 1. The van der Waals surface area contributed by atoms with Crippen molar-refractivity contribution in [1.29, 1.82) is 0 Å². The van der Waals surface area contributed by atoms with Crippen molar-refractivity contribution in [2.24, 2.45) is 0 Å². The molecular weight excluding hydrogens is 604 g/mol. The van der Waals surface area contributed by atoms with Crippen LogP contribution in [0.25, 0.3) is 0 Å². The highest BCUT2D eigenvalue weighted by Crippen LogP contribution is 2.57. The van der Waals surface area contributed by atoms with Gasteiger partial charge < -0.3 is 20.1 Å². The predicted molar refractivity (Wildman–Crippen MR) is 148 cm³/mol. The van der Waals surface area contributed by atoms with E-state index in [9.17, 15) is 24.9 Å². The number of hydrogen-bond donors (Lipinski definition) is 3. The van der Waals surface area contributed by atoms with Crippen LogP contribution in [0.15, 0.2) is 39.3 Å². The Balaban J connectivity index is 2.34. The summed E-state index contributed by atoms with van der Waals surface area (Å²) in [5.74, 6) is -1.93. The van der Waals surface area contributed by atoms with Gasteiger partial charge in [-0.1, -0.05) is 59.6 Å². The minimum atomic E-state index is -1.79. The molecule has 4 rings (SSSR count). The van der Waals surface area contributed by atoms with E-state index in [2.05, 4.69) is 31.9 Å². The molecule has 0 amide bonds. The molecule has 1 aliphatic rings. The maximum atomic E-state index is 13.5. The zero-order chi connectivity index (χ0) is 27.2. The summed E-state index contributed by atoms with van der Waals surface area (Å²) in [6, 6.07) is 7.90. The summed E-state index contributed by atoms with van der Waals surface area (Å²) >= 11 is 7.30. The zero-order valence-electron chi connectivity index (χ0n) is 21.0. The number of phenolic OH excluding ortho intramolecular Hbond substituents is 2. The summed E-state index contributed by atoms with van der Waals surface area (Å²) in [5.41, 5.74) is 1.91. The number of benzene rings is 3. The highest BCUT2D eigenvalue weighted by molar-refractivity contribution is 9.10. The lowest BCUT2D eigenvalue weighted by Gasteiger charge is -2.36. The number of fused-ring (bicyclic) bond motifs is 1. The number of carbonyl (C=O) groups excluding carboxylic acids is 1. The monoisotopic (exact) mass is 630 g/mol. The van der Waals surface area contributed by atoms with E-state index >= 15 is 0 Å². The van der Waals surface area contributed by atoms with Crippen LogP contribution >= 0.6 is 31.9 Å². The van der Waals surface area contributed by atoms with E-state index in [-0.39, 0.29) is 28.2 Å². The molecule has 6 nitrogen and oxygen atoms in total. The normalized spacial score (nSPS) is 13.9. The van der Waals surface area contributed by atoms with Crippen LogP contribution in [0.5, 0.6) is 11.5 Å². The summed E-state index contributed by atoms with van der Waals surface area (Å²) in [7, 11) is 0. The minimum absolute atomic E-state index is 0.0343. The quantitative estimate of drug-likeness (QED) is 0.242. The number of carbonyl (C=O) groups is 2. The first-order chi connectivity index (χ1) is 17.6. The van der Waals surface area contributed by atoms with Crippen LogP contribution in [0.3, 0.4) is 0 Å². The number of aryl methyl sites for hydroxylation is 2. The van der Waals surface area contributed by atoms with E-state index in [0.717, 1.165) is 8.95 Å². The van der Waals surface area contributed by atoms with Gasteiger partial charge in [-0.25, -0.2) is 9.59 Å². The Kier molecular flexibility index (Phi) is 7.45. The standard InChI is InChI=1S/C29H28Br2O6/c1-5-14-12-21(30)17(7-3)23(25(14)32)29(24-18(8-4)22(31)13-15(6-2)26(24)33)20-11-16(27(34)35)9-10-19(20)28(36)37-29/h9-13,32-33H,5-8H2,1-4H3,(H,34,35). The lowest BCUT2D eigenvalue weighted by atomic mass is 9.73. The van der Waals surface area contributed by atoms with Crippen molar-refractivity contribution < 1.29 is 29.6 Å². The van der Waals surface area contributed by atoms with Crippen molar-refractivity contribution >= 4 is 43.8 Å². The third kappa shape index (κ3) is 4.05. The lowest BCUT2D eigenvalue weighted by Crippen LogP contribution is -2.33. The molecule has 1 aliphatic heterocycles. The van der Waals surface area contributed by atoms with Gasteiger partial charge in [0.25, 0.3) is 0 Å². The molecule has 3 N–H and O–H groups in total. The lowest BCUT2D eigenvalue weighted by molar-refractivity contribution is 0.0233. The molecule has 0 bridgehead atoms. The number of aromatic hydroxyl groups is 2. The second-order valence-corrected chi connectivity index (χ2v) is 10.7. The SMILES string of the molecule is CCc1cc(Br)c(CC)c(C2(c3c(O)c(CC)cc(Br)c3CC)OC(=O)c3ccc(C(=O)O)cc32)c1O. The number of cyclic esters (lactones) is 1. The molecule has 194 valence electrons. The van der Waals surface area contributed by atoms with Crippen LogP contribution in [0, 0.1) is 0 Å². The van der Waals surface area contributed by atoms with E-state index in [1.807, 2.05) is 39.8 Å². The predicted octanol–water partition coefficient (Wildman–Crippen LogP) is 7.03. The number of phenols is 2. The van der Waals surface area contributed by atoms with Crippen LogP contribution in [0.2, 0.25) is 0 Å². The Morgan fingerprint density at radius 3 is 1.73 bits per heavy atom. The Hall–Kier alpha value is -2.84. The number of esters is 1. The van der Waals surface area contributed by atoms with Gasteiger partial charge in [-0.3, -0.25) is 0 Å². The van der Waals surface area contributed by atoms with E-state index in [1.165, 1.54) is 18.2 Å². The Labute approximate surface area is 232 Å². The minimum Gasteiger partial charge on any atom is -0.507 e. The number of hydrogen-bond acceptors (Lipinski definition) is 5. The number of carboxylic acid groups (broad SMARTS) is 1. The molecule has 1 heterocycles. The largest absolute Gasteiger partial charge is 0.507 e. The summed E-state index contributed by atoms with van der Waals surface area (Å²) < 4.78 is 7.74. The van der Waals surface area contributed by atoms with E-state index in [4.69, 9.17) is 4.74 Å². The zero-order valence-corrected chi connectivity index (χ0v) is 24.2. The highest BCUT2D eigenvalue weighted by atomic mass is 79.9. The topological polar surface area (TPSA) is 104 Å². The second kappa shape index (κ2) is 10.1. The molecule has 8 heteroatoms. The Morgan fingerprint density at radius 2 is 1.32 bits per heavy atom. The van der Waals surface area contributed by atoms with E-state index in [1.54, 1.807) is 0 Å². The number of halogens is 2. The van der Waals surface area contributed by atoms with Crippen LogP contribution in [0.1, 0.15) is 87.4 Å². The molecule has 0 atom stereocenters. The van der Waals surface area contributed by atoms with Crippen molar-refractivity contribution in [3.05, 3.63) is 89.3 Å². The molecule has 0 fully saturated rings. The maximum absolute atomic E-state index is 13.5. The molecule has 37 heavy (non-hydrogen) atoms. The third-order valence-electron chi connectivity index (χ3n) is 7.15. The Morgan fingerprint density at radius 1 is 0.838 bits per heavy atom. The maximum Gasteiger partial charge on any atom is 0.340 e. The van der Waals surface area contributed by atoms with Gasteiger partial charge in [0.05, 0.1) is 22.3 Å². The summed E-state index contributed by atoms with van der Waals surface area (Å²) in [4.78, 5) is 25.5. The molecule has 0 radical (unpaired) electrons. The molecule has 0 aromatic heterocycles. The number of carboxylic acids is 1. The van der Waals surface area contributed by atoms with Gasteiger partial charge in [0, 0.05) is 14.5 Å². The number of aromatic carboxylic acids is 1. The van der Waals surface area contributed by atoms with Crippen molar-refractivity contribution in [3.63, 3.8) is 0 Å². The van der Waals surface area contributed by atoms with Gasteiger partial charge in [-0.2, -0.15) is 0 Å². The van der Waals surface area contributed by atoms with Crippen molar-refractivity contribution in [2.75, 3.05) is 0 Å². The molecule has 0 saturated carbocycles. The average Bonchev–Trinajstić information content (AvgIpc) is 3.17. The molecule has 0 spiro atoms. The van der Waals surface area contributed by atoms with E-state index < -0.39 is 17.5 Å². The van der Waals surface area contributed by atoms with Gasteiger partial charge in [0.2, 0.25) is 0 Å². The van der Waals surface area contributed by atoms with Gasteiger partial charge in [-0.05, 0) is 78.3 Å². The fraction of sp³-hybridized carbons (Fsp3) is 0.310. The van der Waals surface area contributed by atoms with Gasteiger partial charge in [0.1, 0.15) is 11.5 Å². The fourth-order valence-corrected chi connectivity index (χ4v) is 6.85. The van der Waals surface area contributed by atoms with Crippen LogP contribution in [-0.4, -0.2) is 27.3 Å². The molecule has 0 unspecified atom stereocenters. The summed E-state index contributed by atoms with van der Waals surface area (Å²) in [5, 5.41) is 33.3. The number of rotatable bonds is 7. The van der Waals surface area contributed by atoms with Gasteiger partial charge in [0.15, 0.2) is 5.60 Å². The summed E-state index contributed by atoms with van der Waals surface area (Å²) in [6.07, 6.45) is 1.94. The molecular formula is C29H28Br2O6. The summed E-state index contributed by atoms with van der Waals surface area (Å²) in [6.45, 7) is 7.66. The van der Waals surface area contributed by atoms with Gasteiger partial charge >= 0.3 is 11.9 Å². The average molecular weight is 632 g/mol. The molecule has 3 aromatic carbocycles. The Bertz CT molecular complexity index is 1380. The first-order valence-electron chi connectivity index (χ1n) is 12.3. The molecule has 0 saturated heterocycles. The van der Waals surface area contributed by atoms with Crippen LogP contribution in [0.4, 0.5) is 0 Å². The molecule has 0 aliphatic carbocycles. The smallest absolute Gasteiger partial charge is 0.340 e. The van der Waals surface area contributed by atoms with Gasteiger partial charge in [-0.15, -0.1) is 0 Å². The van der Waals surface area contributed by atoms with Crippen LogP contribution < -0.4 is 0 Å². The van der Waals surface area contributed by atoms with Crippen LogP contribution in [-0.2, 0) is 36.0 Å². The first kappa shape index (κ1) is 27.2. The third-order valence-corrected chi connectivity index (χ3v) is 8.56. The van der Waals surface area contributed by atoms with Crippen molar-refractivity contribution in [2.45, 2.75) is 59.0 Å². The van der Waals surface area contributed by atoms with E-state index in [0.29, 0.717) is 59.1 Å². The van der Waals surface area contributed by atoms with Crippen molar-refractivity contribution in [1.82, 2.24) is 0 Å².